The number of rotatable bonds is 6. The van der Waals surface area contributed by atoms with Crippen LogP contribution in [0.1, 0.15) is 38.5 Å². The minimum absolute atomic E-state index is 0.104. The third-order valence-electron chi connectivity index (χ3n) is 3.66. The predicted octanol–water partition coefficient (Wildman–Crippen LogP) is 0.373. The Morgan fingerprint density at radius 1 is 1.29 bits per heavy atom. The Morgan fingerprint density at radius 3 is 2.47 bits per heavy atom. The van der Waals surface area contributed by atoms with Gasteiger partial charge in [0.25, 0.3) is 0 Å². The van der Waals surface area contributed by atoms with E-state index in [1.165, 1.54) is 32.1 Å². The summed E-state index contributed by atoms with van der Waals surface area (Å²) in [5.41, 5.74) is 16.5. The molecule has 17 heavy (non-hydrogen) atoms. The highest BCUT2D eigenvalue weighted by Crippen LogP contribution is 2.32. The van der Waals surface area contributed by atoms with Gasteiger partial charge < -0.3 is 22.0 Å². The van der Waals surface area contributed by atoms with Crippen molar-refractivity contribution in [3.63, 3.8) is 0 Å². The molecular weight excluding hydrogens is 216 g/mol. The van der Waals surface area contributed by atoms with Crippen LogP contribution < -0.4 is 17.2 Å². The lowest BCUT2D eigenvalue weighted by atomic mass is 9.75. The van der Waals surface area contributed by atoms with Crippen molar-refractivity contribution in [3.8, 4) is 0 Å². The number of nitrogens with two attached hydrogens (primary N) is 3. The summed E-state index contributed by atoms with van der Waals surface area (Å²) >= 11 is 0. The standard InChI is InChI=1S/C12H24N4O/c13-11(8-17)10(6-7-16-12(14)15)9-4-2-1-3-5-9/h8-11H,1-7,13H2,(H4,14,15,16)/t10?,11-/m1/s1. The van der Waals surface area contributed by atoms with Gasteiger partial charge in [0.15, 0.2) is 5.96 Å². The Bertz CT molecular complexity index is 257. The number of hydrogen-bond donors (Lipinski definition) is 3. The van der Waals surface area contributed by atoms with E-state index < -0.39 is 0 Å². The molecule has 1 fully saturated rings. The number of aldehydes is 1. The SMILES string of the molecule is NC(N)=NCCC(C1CCCCC1)[C@H](N)C=O. The predicted molar refractivity (Wildman–Crippen MR) is 69.4 cm³/mol. The summed E-state index contributed by atoms with van der Waals surface area (Å²) in [7, 11) is 0. The zero-order valence-electron chi connectivity index (χ0n) is 10.3. The summed E-state index contributed by atoms with van der Waals surface area (Å²) in [5.74, 6) is 0.876. The van der Waals surface area contributed by atoms with Crippen molar-refractivity contribution < 1.29 is 4.79 Å². The lowest BCUT2D eigenvalue weighted by Crippen LogP contribution is -2.38. The molecule has 1 saturated carbocycles. The lowest BCUT2D eigenvalue weighted by molar-refractivity contribution is -0.110. The molecule has 0 amide bonds. The Labute approximate surface area is 103 Å². The first-order valence-corrected chi connectivity index (χ1v) is 6.41. The molecule has 0 bridgehead atoms. The molecule has 1 unspecified atom stereocenters. The van der Waals surface area contributed by atoms with E-state index in [0.29, 0.717) is 12.5 Å². The van der Waals surface area contributed by atoms with Crippen molar-refractivity contribution in [1.82, 2.24) is 0 Å². The highest BCUT2D eigenvalue weighted by atomic mass is 16.1. The van der Waals surface area contributed by atoms with Gasteiger partial charge in [-0.05, 0) is 18.3 Å². The number of aliphatic imine (C=N–C) groups is 1. The molecule has 98 valence electrons. The van der Waals surface area contributed by atoms with Crippen LogP contribution in [0.5, 0.6) is 0 Å². The van der Waals surface area contributed by atoms with Crippen molar-refractivity contribution in [1.29, 1.82) is 0 Å². The quantitative estimate of drug-likeness (QED) is 0.354. The molecule has 0 radical (unpaired) electrons. The Balaban J connectivity index is 2.52. The molecule has 1 aliphatic rings. The molecule has 0 heterocycles. The van der Waals surface area contributed by atoms with Gasteiger partial charge in [0.05, 0.1) is 6.04 Å². The summed E-state index contributed by atoms with van der Waals surface area (Å²) < 4.78 is 0. The van der Waals surface area contributed by atoms with Crippen molar-refractivity contribution >= 4 is 12.2 Å². The monoisotopic (exact) mass is 240 g/mol. The van der Waals surface area contributed by atoms with Crippen LogP contribution in [-0.2, 0) is 4.79 Å². The third-order valence-corrected chi connectivity index (χ3v) is 3.66. The molecule has 0 aromatic heterocycles. The van der Waals surface area contributed by atoms with E-state index in [-0.39, 0.29) is 17.9 Å². The molecule has 5 heteroatoms. The first kappa shape index (κ1) is 14.0. The van der Waals surface area contributed by atoms with Crippen LogP contribution in [0.3, 0.4) is 0 Å². The Kier molecular flexibility index (Phi) is 5.97. The van der Waals surface area contributed by atoms with Crippen LogP contribution in [0.2, 0.25) is 0 Å². The second kappa shape index (κ2) is 7.27. The fourth-order valence-corrected chi connectivity index (χ4v) is 2.75. The molecule has 0 aliphatic heterocycles. The maximum absolute atomic E-state index is 10.9. The largest absolute Gasteiger partial charge is 0.370 e. The second-order valence-electron chi connectivity index (χ2n) is 4.87. The fraction of sp³-hybridized carbons (Fsp3) is 0.833. The van der Waals surface area contributed by atoms with E-state index in [2.05, 4.69) is 4.99 Å². The van der Waals surface area contributed by atoms with Crippen molar-refractivity contribution in [2.45, 2.75) is 44.6 Å². The van der Waals surface area contributed by atoms with Gasteiger partial charge >= 0.3 is 0 Å². The van der Waals surface area contributed by atoms with Gasteiger partial charge in [0.2, 0.25) is 0 Å². The normalized spacial score (nSPS) is 20.5. The summed E-state index contributed by atoms with van der Waals surface area (Å²) in [5, 5.41) is 0. The van der Waals surface area contributed by atoms with Gasteiger partial charge in [-0.3, -0.25) is 4.99 Å². The Morgan fingerprint density at radius 2 is 1.94 bits per heavy atom. The third kappa shape index (κ3) is 4.73. The van der Waals surface area contributed by atoms with E-state index in [9.17, 15) is 4.79 Å². The summed E-state index contributed by atoms with van der Waals surface area (Å²) in [6.45, 7) is 0.561. The molecule has 1 aliphatic carbocycles. The van der Waals surface area contributed by atoms with Crippen LogP contribution in [0.15, 0.2) is 4.99 Å². The van der Waals surface area contributed by atoms with E-state index in [4.69, 9.17) is 17.2 Å². The summed E-state index contributed by atoms with van der Waals surface area (Å²) in [6, 6.07) is -0.382. The molecule has 0 saturated heterocycles. The molecule has 0 spiro atoms. The molecule has 0 aromatic rings. The van der Waals surface area contributed by atoms with Crippen LogP contribution in [0, 0.1) is 11.8 Å². The molecular formula is C12H24N4O. The van der Waals surface area contributed by atoms with Crippen LogP contribution in [-0.4, -0.2) is 24.8 Å². The smallest absolute Gasteiger partial charge is 0.185 e. The minimum atomic E-state index is -0.382. The van der Waals surface area contributed by atoms with E-state index in [1.54, 1.807) is 0 Å². The zero-order valence-corrected chi connectivity index (χ0v) is 10.3. The number of hydrogen-bond acceptors (Lipinski definition) is 3. The number of carbonyl (C=O) groups excluding carboxylic acids is 1. The molecule has 2 atom stereocenters. The van der Waals surface area contributed by atoms with Gasteiger partial charge in [0, 0.05) is 6.54 Å². The number of nitrogens with zero attached hydrogens (tertiary/aromatic N) is 1. The average molecular weight is 240 g/mol. The van der Waals surface area contributed by atoms with Gasteiger partial charge in [-0.25, -0.2) is 0 Å². The second-order valence-corrected chi connectivity index (χ2v) is 4.87. The van der Waals surface area contributed by atoms with Gasteiger partial charge in [-0.1, -0.05) is 32.1 Å². The molecule has 1 rings (SSSR count). The van der Waals surface area contributed by atoms with E-state index in [0.717, 1.165) is 12.7 Å². The maximum Gasteiger partial charge on any atom is 0.185 e. The Hall–Kier alpha value is -1.10. The summed E-state index contributed by atoms with van der Waals surface area (Å²) in [4.78, 5) is 14.9. The minimum Gasteiger partial charge on any atom is -0.370 e. The lowest BCUT2D eigenvalue weighted by Gasteiger charge is -2.31. The van der Waals surface area contributed by atoms with Gasteiger partial charge in [-0.2, -0.15) is 0 Å². The average Bonchev–Trinajstić information content (AvgIpc) is 2.34. The fourth-order valence-electron chi connectivity index (χ4n) is 2.75. The molecule has 6 N–H and O–H groups in total. The number of carbonyl (C=O) groups is 1. The van der Waals surface area contributed by atoms with Crippen molar-refractivity contribution in [3.05, 3.63) is 0 Å². The van der Waals surface area contributed by atoms with Crippen LogP contribution >= 0.6 is 0 Å². The molecule has 0 aromatic carbocycles. The summed E-state index contributed by atoms with van der Waals surface area (Å²) in [6.07, 6.45) is 7.79. The first-order valence-electron chi connectivity index (χ1n) is 6.41. The maximum atomic E-state index is 10.9. The highest BCUT2D eigenvalue weighted by Gasteiger charge is 2.27. The van der Waals surface area contributed by atoms with Crippen molar-refractivity contribution in [2.24, 2.45) is 34.0 Å². The number of guanidine groups is 1. The highest BCUT2D eigenvalue weighted by molar-refractivity contribution is 5.75. The van der Waals surface area contributed by atoms with Crippen LogP contribution in [0.25, 0.3) is 0 Å². The van der Waals surface area contributed by atoms with E-state index >= 15 is 0 Å². The molecule has 5 nitrogen and oxygen atoms in total. The van der Waals surface area contributed by atoms with E-state index in [1.807, 2.05) is 0 Å². The first-order chi connectivity index (χ1) is 8.15. The van der Waals surface area contributed by atoms with Gasteiger partial charge in [0.1, 0.15) is 6.29 Å². The van der Waals surface area contributed by atoms with Crippen LogP contribution in [0.4, 0.5) is 0 Å². The zero-order chi connectivity index (χ0) is 12.7. The topological polar surface area (TPSA) is 107 Å². The van der Waals surface area contributed by atoms with Gasteiger partial charge in [-0.15, -0.1) is 0 Å². The van der Waals surface area contributed by atoms with Crippen molar-refractivity contribution in [2.75, 3.05) is 6.54 Å².